The first-order valence-corrected chi connectivity index (χ1v) is 11.6. The largest absolute Gasteiger partial charge is 0.446 e. The molecule has 0 bridgehead atoms. The van der Waals surface area contributed by atoms with E-state index in [0.29, 0.717) is 5.82 Å². The van der Waals surface area contributed by atoms with Gasteiger partial charge in [-0.2, -0.15) is 10.2 Å². The average Bonchev–Trinajstić information content (AvgIpc) is 3.00. The number of aryl methyl sites for hydroxylation is 1. The first kappa shape index (κ1) is 21.0. The van der Waals surface area contributed by atoms with E-state index in [1.54, 1.807) is 0 Å². The molecule has 2 aromatic rings. The zero-order valence-electron chi connectivity index (χ0n) is 19.0. The highest BCUT2D eigenvalue weighted by Gasteiger charge is 2.45. The van der Waals surface area contributed by atoms with Gasteiger partial charge in [0.25, 0.3) is 0 Å². The minimum atomic E-state index is -0.307. The smallest absolute Gasteiger partial charge is 0.407 e. The summed E-state index contributed by atoms with van der Waals surface area (Å²) >= 11 is 0. The van der Waals surface area contributed by atoms with Crippen LogP contribution in [0.25, 0.3) is 0 Å². The Bertz CT molecular complexity index is 1020. The SMILES string of the molecule is Cc1c(C2CC2C(=O)Nc2cc([C@H]3CC[C@@H](OC(=O)NC4(C)CCC4)C3)[nH]n2)cnn1C. The van der Waals surface area contributed by atoms with Crippen LogP contribution in [0.2, 0.25) is 0 Å². The molecule has 0 radical (unpaired) electrons. The van der Waals surface area contributed by atoms with Gasteiger partial charge in [0.1, 0.15) is 6.10 Å². The van der Waals surface area contributed by atoms with Crippen LogP contribution in [-0.4, -0.2) is 43.6 Å². The number of hydrogen-bond donors (Lipinski definition) is 3. The molecule has 3 fully saturated rings. The molecular formula is C23H32N6O3. The fourth-order valence-electron chi connectivity index (χ4n) is 5.13. The molecule has 0 aliphatic heterocycles. The standard InChI is InChI=1S/C23H32N6O3/c1-13-18(12-24-29(13)3)16-10-17(16)21(30)25-20-11-19(27-28-20)14-5-6-15(9-14)32-22(31)26-23(2)7-4-8-23/h11-12,14-17H,4-10H2,1-3H3,(H,26,31)(H2,25,27,28,30)/t14-,15+,16?,17?/m0/s1. The first-order valence-electron chi connectivity index (χ1n) is 11.6. The summed E-state index contributed by atoms with van der Waals surface area (Å²) in [7, 11) is 1.92. The maximum absolute atomic E-state index is 12.7. The molecular weight excluding hydrogens is 408 g/mol. The van der Waals surface area contributed by atoms with Crippen LogP contribution in [-0.2, 0) is 16.6 Å². The summed E-state index contributed by atoms with van der Waals surface area (Å²) in [4.78, 5) is 24.9. The number of aromatic nitrogens is 4. The van der Waals surface area contributed by atoms with Gasteiger partial charge in [0.2, 0.25) is 5.91 Å². The Labute approximate surface area is 187 Å². The maximum Gasteiger partial charge on any atom is 0.407 e. The van der Waals surface area contributed by atoms with Crippen molar-refractivity contribution in [2.75, 3.05) is 5.32 Å². The molecule has 0 spiro atoms. The van der Waals surface area contributed by atoms with Crippen molar-refractivity contribution in [3.8, 4) is 0 Å². The normalized spacial score (nSPS) is 28.1. The van der Waals surface area contributed by atoms with Gasteiger partial charge in [0.15, 0.2) is 5.82 Å². The van der Waals surface area contributed by atoms with Gasteiger partial charge in [-0.15, -0.1) is 0 Å². The monoisotopic (exact) mass is 440 g/mol. The minimum Gasteiger partial charge on any atom is -0.446 e. The summed E-state index contributed by atoms with van der Waals surface area (Å²) in [6.45, 7) is 4.10. The molecule has 32 heavy (non-hydrogen) atoms. The number of rotatable bonds is 6. The zero-order chi connectivity index (χ0) is 22.5. The topological polar surface area (TPSA) is 114 Å². The molecule has 4 atom stereocenters. The lowest BCUT2D eigenvalue weighted by molar-refractivity contribution is -0.117. The van der Waals surface area contributed by atoms with Gasteiger partial charge in [-0.1, -0.05) is 0 Å². The molecule has 0 saturated heterocycles. The summed E-state index contributed by atoms with van der Waals surface area (Å²) < 4.78 is 7.50. The lowest BCUT2D eigenvalue weighted by Gasteiger charge is -2.38. The van der Waals surface area contributed by atoms with Gasteiger partial charge in [-0.05, 0) is 70.3 Å². The molecule has 9 nitrogen and oxygen atoms in total. The summed E-state index contributed by atoms with van der Waals surface area (Å²) in [6, 6.07) is 1.91. The molecule has 2 aromatic heterocycles. The van der Waals surface area contributed by atoms with E-state index in [1.165, 1.54) is 0 Å². The summed E-state index contributed by atoms with van der Waals surface area (Å²) in [5.74, 6) is 1.02. The van der Waals surface area contributed by atoms with Crippen molar-refractivity contribution in [3.05, 3.63) is 29.2 Å². The van der Waals surface area contributed by atoms with E-state index >= 15 is 0 Å². The molecule has 2 heterocycles. The number of aromatic amines is 1. The molecule has 2 amide bonds. The van der Waals surface area contributed by atoms with Crippen LogP contribution in [0.5, 0.6) is 0 Å². The number of anilines is 1. The Morgan fingerprint density at radius 3 is 2.78 bits per heavy atom. The Morgan fingerprint density at radius 1 is 1.28 bits per heavy atom. The second-order valence-electron chi connectivity index (χ2n) is 10.0. The van der Waals surface area contributed by atoms with Crippen molar-refractivity contribution < 1.29 is 14.3 Å². The highest BCUT2D eigenvalue weighted by atomic mass is 16.6. The lowest BCUT2D eigenvalue weighted by atomic mass is 9.79. The molecule has 172 valence electrons. The molecule has 0 aromatic carbocycles. The molecule has 9 heteroatoms. The number of alkyl carbamates (subject to hydrolysis) is 1. The van der Waals surface area contributed by atoms with E-state index in [9.17, 15) is 9.59 Å². The van der Waals surface area contributed by atoms with E-state index in [0.717, 1.165) is 61.9 Å². The van der Waals surface area contributed by atoms with Crippen molar-refractivity contribution in [2.45, 2.75) is 82.3 Å². The van der Waals surface area contributed by atoms with E-state index in [1.807, 2.05) is 30.9 Å². The molecule has 3 N–H and O–H groups in total. The van der Waals surface area contributed by atoms with Crippen molar-refractivity contribution in [2.24, 2.45) is 13.0 Å². The van der Waals surface area contributed by atoms with Gasteiger partial charge in [0.05, 0.1) is 6.20 Å². The third-order valence-corrected chi connectivity index (χ3v) is 7.61. The average molecular weight is 441 g/mol. The highest BCUT2D eigenvalue weighted by Crippen LogP contribution is 2.49. The Kier molecular flexibility index (Phi) is 5.22. The van der Waals surface area contributed by atoms with Crippen molar-refractivity contribution in [3.63, 3.8) is 0 Å². The van der Waals surface area contributed by atoms with Crippen LogP contribution in [0.4, 0.5) is 10.6 Å². The fourth-order valence-corrected chi connectivity index (χ4v) is 5.13. The highest BCUT2D eigenvalue weighted by molar-refractivity contribution is 5.94. The second-order valence-corrected chi connectivity index (χ2v) is 10.0. The molecule has 3 saturated carbocycles. The second kappa shape index (κ2) is 7.94. The van der Waals surface area contributed by atoms with Gasteiger partial charge in [-0.25, -0.2) is 4.79 Å². The van der Waals surface area contributed by atoms with E-state index in [2.05, 4.69) is 32.9 Å². The minimum absolute atomic E-state index is 0.00472. The first-order chi connectivity index (χ1) is 15.3. The number of ether oxygens (including phenoxy) is 1. The predicted octanol–water partition coefficient (Wildman–Crippen LogP) is 3.50. The number of hydrogen-bond acceptors (Lipinski definition) is 5. The number of carbonyl (C=O) groups excluding carboxylic acids is 2. The van der Waals surface area contributed by atoms with Crippen molar-refractivity contribution in [1.82, 2.24) is 25.3 Å². The maximum atomic E-state index is 12.7. The van der Waals surface area contributed by atoms with Crippen LogP contribution >= 0.6 is 0 Å². The van der Waals surface area contributed by atoms with Crippen LogP contribution < -0.4 is 10.6 Å². The summed E-state index contributed by atoms with van der Waals surface area (Å²) in [5, 5.41) is 17.6. The Hall–Kier alpha value is -2.84. The number of carbonyl (C=O) groups is 2. The van der Waals surface area contributed by atoms with Crippen LogP contribution in [0.3, 0.4) is 0 Å². The predicted molar refractivity (Wildman–Crippen MR) is 118 cm³/mol. The summed E-state index contributed by atoms with van der Waals surface area (Å²) in [5.41, 5.74) is 3.15. The molecule has 3 aliphatic carbocycles. The van der Waals surface area contributed by atoms with Crippen molar-refractivity contribution in [1.29, 1.82) is 0 Å². The van der Waals surface area contributed by atoms with Gasteiger partial charge in [0, 0.05) is 41.9 Å². The lowest BCUT2D eigenvalue weighted by Crippen LogP contribution is -2.51. The zero-order valence-corrected chi connectivity index (χ0v) is 19.0. The third-order valence-electron chi connectivity index (χ3n) is 7.61. The van der Waals surface area contributed by atoms with E-state index in [4.69, 9.17) is 4.74 Å². The number of amides is 2. The number of nitrogens with one attached hydrogen (secondary N) is 3. The van der Waals surface area contributed by atoms with Crippen LogP contribution in [0.1, 0.15) is 80.7 Å². The van der Waals surface area contributed by atoms with Gasteiger partial charge in [-0.3, -0.25) is 14.6 Å². The quantitative estimate of drug-likeness (QED) is 0.636. The number of nitrogens with zero attached hydrogens (tertiary/aromatic N) is 3. The molecule has 5 rings (SSSR count). The van der Waals surface area contributed by atoms with Crippen LogP contribution in [0, 0.1) is 12.8 Å². The van der Waals surface area contributed by atoms with E-state index < -0.39 is 0 Å². The summed E-state index contributed by atoms with van der Waals surface area (Å²) in [6.07, 6.45) is 8.04. The van der Waals surface area contributed by atoms with Gasteiger partial charge >= 0.3 is 6.09 Å². The van der Waals surface area contributed by atoms with E-state index in [-0.39, 0.29) is 41.4 Å². The molecule has 2 unspecified atom stereocenters. The van der Waals surface area contributed by atoms with Crippen molar-refractivity contribution >= 4 is 17.8 Å². The Morgan fingerprint density at radius 2 is 2.09 bits per heavy atom. The third kappa shape index (κ3) is 4.12. The Balaban J connectivity index is 1.11. The van der Waals surface area contributed by atoms with Gasteiger partial charge < -0.3 is 15.4 Å². The van der Waals surface area contributed by atoms with Crippen LogP contribution in [0.15, 0.2) is 12.3 Å². The fraction of sp³-hybridized carbons (Fsp3) is 0.652. The molecule has 3 aliphatic rings. The number of H-pyrrole nitrogens is 1.